The van der Waals surface area contributed by atoms with Crippen molar-refractivity contribution in [2.75, 3.05) is 25.1 Å². The van der Waals surface area contributed by atoms with Crippen LogP contribution in [-0.2, 0) is 26.0 Å². The number of benzene rings is 1. The van der Waals surface area contributed by atoms with Gasteiger partial charge in [0, 0.05) is 37.1 Å². The molecule has 2 saturated heterocycles. The summed E-state index contributed by atoms with van der Waals surface area (Å²) >= 11 is 3.38. The summed E-state index contributed by atoms with van der Waals surface area (Å²) in [6.45, 7) is 0.803. The zero-order valence-corrected chi connectivity index (χ0v) is 16.4. The van der Waals surface area contributed by atoms with Crippen LogP contribution in [0.25, 0.3) is 0 Å². The van der Waals surface area contributed by atoms with Crippen LogP contribution >= 0.6 is 15.9 Å². The third-order valence-corrected chi connectivity index (χ3v) is 7.15. The minimum absolute atomic E-state index is 0.0222. The van der Waals surface area contributed by atoms with Gasteiger partial charge in [0.05, 0.1) is 17.4 Å². The monoisotopic (exact) mass is 428 g/mol. The minimum atomic E-state index is -3.05. The molecule has 2 aliphatic rings. The number of likely N-dealkylation sites (tertiary alicyclic amines) is 1. The molecule has 2 aliphatic heterocycles. The van der Waals surface area contributed by atoms with E-state index in [1.165, 1.54) is 0 Å². The van der Waals surface area contributed by atoms with Gasteiger partial charge in [-0.25, -0.2) is 8.42 Å². The van der Waals surface area contributed by atoms with Crippen LogP contribution in [-0.4, -0.2) is 61.2 Å². The second-order valence-corrected chi connectivity index (χ2v) is 9.97. The molecule has 2 fully saturated rings. The van der Waals surface area contributed by atoms with Gasteiger partial charge >= 0.3 is 0 Å². The van der Waals surface area contributed by atoms with Crippen molar-refractivity contribution < 1.29 is 18.0 Å². The summed E-state index contributed by atoms with van der Waals surface area (Å²) in [6.07, 6.45) is 0.643. The summed E-state index contributed by atoms with van der Waals surface area (Å²) < 4.78 is 24.3. The van der Waals surface area contributed by atoms with Crippen molar-refractivity contribution in [3.05, 3.63) is 34.3 Å². The first-order chi connectivity index (χ1) is 11.7. The van der Waals surface area contributed by atoms with Gasteiger partial charge in [0.1, 0.15) is 0 Å². The average molecular weight is 429 g/mol. The van der Waals surface area contributed by atoms with Crippen molar-refractivity contribution in [1.29, 1.82) is 0 Å². The molecule has 2 amide bonds. The first kappa shape index (κ1) is 18.4. The summed E-state index contributed by atoms with van der Waals surface area (Å²) in [7, 11) is -1.31. The lowest BCUT2D eigenvalue weighted by molar-refractivity contribution is -0.135. The van der Waals surface area contributed by atoms with Gasteiger partial charge in [-0.15, -0.1) is 0 Å². The molecule has 2 atom stereocenters. The molecule has 0 N–H and O–H groups in total. The smallest absolute Gasteiger partial charge is 0.228 e. The molecular weight excluding hydrogens is 408 g/mol. The van der Waals surface area contributed by atoms with Crippen LogP contribution < -0.4 is 0 Å². The maximum absolute atomic E-state index is 12.7. The number of amides is 2. The molecule has 0 aliphatic carbocycles. The van der Waals surface area contributed by atoms with Gasteiger partial charge in [-0.3, -0.25) is 9.59 Å². The Morgan fingerprint density at radius 2 is 2.00 bits per heavy atom. The number of halogens is 1. The molecule has 0 unspecified atom stereocenters. The largest absolute Gasteiger partial charge is 0.341 e. The second-order valence-electron chi connectivity index (χ2n) is 6.82. The second kappa shape index (κ2) is 7.07. The third-order valence-electron chi connectivity index (χ3n) is 4.87. The Bertz CT molecular complexity index is 778. The Hall–Kier alpha value is -1.41. The van der Waals surface area contributed by atoms with Crippen molar-refractivity contribution in [1.82, 2.24) is 9.80 Å². The molecule has 3 rings (SSSR count). The van der Waals surface area contributed by atoms with Crippen LogP contribution in [0.3, 0.4) is 0 Å². The molecular formula is C17H21BrN2O4S. The predicted octanol–water partition coefficient (Wildman–Crippen LogP) is 1.44. The van der Waals surface area contributed by atoms with Crippen LogP contribution in [0.15, 0.2) is 28.7 Å². The highest BCUT2D eigenvalue weighted by Gasteiger charge is 2.42. The highest BCUT2D eigenvalue weighted by Crippen LogP contribution is 2.27. The Labute approximate surface area is 156 Å². The Kier molecular flexibility index (Phi) is 5.20. The van der Waals surface area contributed by atoms with Crippen molar-refractivity contribution in [2.24, 2.45) is 5.92 Å². The molecule has 25 heavy (non-hydrogen) atoms. The zero-order valence-electron chi connectivity index (χ0n) is 14.0. The van der Waals surface area contributed by atoms with Crippen LogP contribution in [0.2, 0.25) is 0 Å². The fourth-order valence-electron chi connectivity index (χ4n) is 3.52. The fourth-order valence-corrected chi connectivity index (χ4v) is 5.52. The fraction of sp³-hybridized carbons (Fsp3) is 0.529. The number of carbonyl (C=O) groups excluding carboxylic acids is 2. The third kappa shape index (κ3) is 4.23. The lowest BCUT2D eigenvalue weighted by Gasteiger charge is -2.24. The first-order valence-corrected chi connectivity index (χ1v) is 10.9. The average Bonchev–Trinajstić information content (AvgIpc) is 3.11. The van der Waals surface area contributed by atoms with Crippen LogP contribution in [0.4, 0.5) is 0 Å². The number of hydrogen-bond acceptors (Lipinski definition) is 4. The summed E-state index contributed by atoms with van der Waals surface area (Å²) in [5.41, 5.74) is 1.02. The standard InChI is InChI=1S/C17H21BrN2O4S/c1-19(9-12-2-4-14(18)5-3-12)17(22)13-8-16(21)20(10-13)15-6-7-25(23,24)11-15/h2-5,13,15H,6-11H2,1H3/t13-,15+/m0/s1. The van der Waals surface area contributed by atoms with Gasteiger partial charge in [0.15, 0.2) is 9.84 Å². The minimum Gasteiger partial charge on any atom is -0.341 e. The number of rotatable bonds is 4. The van der Waals surface area contributed by atoms with Gasteiger partial charge in [-0.2, -0.15) is 0 Å². The first-order valence-electron chi connectivity index (χ1n) is 8.24. The summed E-state index contributed by atoms with van der Waals surface area (Å²) in [5.74, 6) is -0.425. The highest BCUT2D eigenvalue weighted by atomic mass is 79.9. The molecule has 8 heteroatoms. The van der Waals surface area contributed by atoms with E-state index in [4.69, 9.17) is 0 Å². The van der Waals surface area contributed by atoms with Crippen molar-refractivity contribution >= 4 is 37.6 Å². The Balaban J connectivity index is 1.61. The zero-order chi connectivity index (χ0) is 18.2. The lowest BCUT2D eigenvalue weighted by Crippen LogP contribution is -2.39. The molecule has 136 valence electrons. The topological polar surface area (TPSA) is 74.8 Å². The number of sulfone groups is 1. The van der Waals surface area contributed by atoms with E-state index in [1.807, 2.05) is 24.3 Å². The maximum atomic E-state index is 12.7. The molecule has 1 aromatic carbocycles. The van der Waals surface area contributed by atoms with Crippen LogP contribution in [0, 0.1) is 5.92 Å². The molecule has 6 nitrogen and oxygen atoms in total. The van der Waals surface area contributed by atoms with E-state index in [9.17, 15) is 18.0 Å². The number of carbonyl (C=O) groups is 2. The van der Waals surface area contributed by atoms with Crippen LogP contribution in [0.5, 0.6) is 0 Å². The van der Waals surface area contributed by atoms with E-state index in [-0.39, 0.29) is 35.8 Å². The van der Waals surface area contributed by atoms with Gasteiger partial charge in [0.2, 0.25) is 11.8 Å². The predicted molar refractivity (Wildman–Crippen MR) is 97.5 cm³/mol. The van der Waals surface area contributed by atoms with Gasteiger partial charge < -0.3 is 9.80 Å². The molecule has 0 radical (unpaired) electrons. The lowest BCUT2D eigenvalue weighted by atomic mass is 10.1. The van der Waals surface area contributed by atoms with Crippen LogP contribution in [0.1, 0.15) is 18.4 Å². The van der Waals surface area contributed by atoms with E-state index in [0.29, 0.717) is 19.5 Å². The summed E-state index contributed by atoms with van der Waals surface area (Å²) in [5, 5.41) is 0. The molecule has 0 aromatic heterocycles. The van der Waals surface area contributed by atoms with Crippen molar-refractivity contribution in [3.63, 3.8) is 0 Å². The summed E-state index contributed by atoms with van der Waals surface area (Å²) in [6, 6.07) is 7.48. The van der Waals surface area contributed by atoms with Gasteiger partial charge in [-0.1, -0.05) is 28.1 Å². The number of hydrogen-bond donors (Lipinski definition) is 0. The normalized spacial score (nSPS) is 25.4. The van der Waals surface area contributed by atoms with Gasteiger partial charge in [-0.05, 0) is 24.1 Å². The van der Waals surface area contributed by atoms with E-state index in [1.54, 1.807) is 16.8 Å². The van der Waals surface area contributed by atoms with E-state index < -0.39 is 15.8 Å². The van der Waals surface area contributed by atoms with Crippen molar-refractivity contribution in [2.45, 2.75) is 25.4 Å². The maximum Gasteiger partial charge on any atom is 0.228 e. The SMILES string of the molecule is CN(Cc1ccc(Br)cc1)C(=O)[C@H]1CC(=O)N([C@@H]2CCS(=O)(=O)C2)C1. The molecule has 0 bridgehead atoms. The highest BCUT2D eigenvalue weighted by molar-refractivity contribution is 9.10. The van der Waals surface area contributed by atoms with E-state index in [0.717, 1.165) is 10.0 Å². The molecule has 0 spiro atoms. The van der Waals surface area contributed by atoms with E-state index >= 15 is 0 Å². The Morgan fingerprint density at radius 1 is 1.32 bits per heavy atom. The quantitative estimate of drug-likeness (QED) is 0.726. The van der Waals surface area contributed by atoms with Gasteiger partial charge in [0.25, 0.3) is 0 Å². The van der Waals surface area contributed by atoms with Crippen molar-refractivity contribution in [3.8, 4) is 0 Å². The summed E-state index contributed by atoms with van der Waals surface area (Å²) in [4.78, 5) is 28.2. The Morgan fingerprint density at radius 3 is 2.60 bits per heavy atom. The molecule has 0 saturated carbocycles. The molecule has 2 heterocycles. The molecule has 1 aromatic rings. The van der Waals surface area contributed by atoms with E-state index in [2.05, 4.69) is 15.9 Å². The number of nitrogens with zero attached hydrogens (tertiary/aromatic N) is 2.